The van der Waals surface area contributed by atoms with E-state index in [2.05, 4.69) is 45.7 Å². The molecule has 0 spiro atoms. The van der Waals surface area contributed by atoms with E-state index in [1.807, 2.05) is 13.0 Å². The van der Waals surface area contributed by atoms with E-state index < -0.39 is 11.9 Å². The van der Waals surface area contributed by atoms with Gasteiger partial charge in [0.25, 0.3) is 0 Å². The Bertz CT molecular complexity index is 806. The minimum Gasteiger partial charge on any atom is -0.357 e. The van der Waals surface area contributed by atoms with Crippen molar-refractivity contribution in [3.05, 3.63) is 51.5 Å². The Morgan fingerprint density at radius 1 is 1.32 bits per heavy atom. The fourth-order valence-corrected chi connectivity index (χ4v) is 3.81. The molecule has 2 atom stereocenters. The van der Waals surface area contributed by atoms with Crippen LogP contribution < -0.4 is 10.6 Å². The Balaban J connectivity index is 0.00000280. The van der Waals surface area contributed by atoms with Crippen LogP contribution in [-0.2, 0) is 12.6 Å². The molecule has 1 heterocycles. The van der Waals surface area contributed by atoms with Gasteiger partial charge in [-0.2, -0.15) is 13.2 Å². The van der Waals surface area contributed by atoms with Crippen LogP contribution in [0.25, 0.3) is 0 Å². The average molecular weight is 524 g/mol. The van der Waals surface area contributed by atoms with E-state index >= 15 is 0 Å². The number of benzene rings is 1. The molecule has 1 aliphatic rings. The van der Waals surface area contributed by atoms with E-state index in [0.717, 1.165) is 29.7 Å². The minimum atomic E-state index is -4.38. The molecule has 1 aromatic heterocycles. The number of thiazole rings is 1. The summed E-state index contributed by atoms with van der Waals surface area (Å²) in [6, 6.07) is 8.71. The molecule has 2 N–H and O–H groups in total. The number of hydrogen-bond donors (Lipinski definition) is 2. The van der Waals surface area contributed by atoms with Crippen molar-refractivity contribution in [2.45, 2.75) is 44.8 Å². The van der Waals surface area contributed by atoms with Crippen LogP contribution in [0.5, 0.6) is 0 Å². The zero-order valence-electron chi connectivity index (χ0n) is 15.7. The third-order valence-corrected chi connectivity index (χ3v) is 5.39. The lowest BCUT2D eigenvalue weighted by Gasteiger charge is -2.11. The molecular weight excluding hydrogens is 500 g/mol. The molecule has 0 aliphatic heterocycles. The minimum absolute atomic E-state index is 0. The first-order chi connectivity index (χ1) is 12.9. The molecule has 1 aromatic carbocycles. The lowest BCUT2D eigenvalue weighted by atomic mass is 10.0. The molecular formula is C19H24F3IN4S. The lowest BCUT2D eigenvalue weighted by Crippen LogP contribution is -2.39. The van der Waals surface area contributed by atoms with Gasteiger partial charge in [-0.1, -0.05) is 24.3 Å². The first kappa shape index (κ1) is 22.9. The number of halogens is 4. The van der Waals surface area contributed by atoms with Gasteiger partial charge in [-0.05, 0) is 31.4 Å². The van der Waals surface area contributed by atoms with E-state index in [4.69, 9.17) is 0 Å². The second kappa shape index (κ2) is 9.91. The van der Waals surface area contributed by atoms with Gasteiger partial charge in [-0.25, -0.2) is 4.98 Å². The molecule has 2 unspecified atom stereocenters. The predicted octanol–water partition coefficient (Wildman–Crippen LogP) is 4.74. The van der Waals surface area contributed by atoms with Crippen molar-refractivity contribution in [1.82, 2.24) is 15.6 Å². The fourth-order valence-electron chi connectivity index (χ4n) is 3.02. The summed E-state index contributed by atoms with van der Waals surface area (Å²) < 4.78 is 37.8. The van der Waals surface area contributed by atoms with Crippen molar-refractivity contribution in [1.29, 1.82) is 0 Å². The van der Waals surface area contributed by atoms with Gasteiger partial charge in [0.15, 0.2) is 11.7 Å². The van der Waals surface area contributed by atoms with Crippen LogP contribution in [0.15, 0.2) is 34.6 Å². The highest BCUT2D eigenvalue weighted by Crippen LogP contribution is 2.42. The van der Waals surface area contributed by atoms with Crippen molar-refractivity contribution < 1.29 is 13.2 Å². The molecule has 154 valence electrons. The van der Waals surface area contributed by atoms with Crippen molar-refractivity contribution >= 4 is 41.3 Å². The summed E-state index contributed by atoms with van der Waals surface area (Å²) in [5, 5.41) is 8.13. The smallest absolute Gasteiger partial charge is 0.357 e. The molecule has 1 saturated carbocycles. The predicted molar refractivity (Wildman–Crippen MR) is 118 cm³/mol. The van der Waals surface area contributed by atoms with Gasteiger partial charge in [0.2, 0.25) is 0 Å². The zero-order valence-corrected chi connectivity index (χ0v) is 18.9. The average Bonchev–Trinajstić information content (AvgIpc) is 3.18. The summed E-state index contributed by atoms with van der Waals surface area (Å²) in [6.07, 6.45) is -2.94. The van der Waals surface area contributed by atoms with Crippen LogP contribution >= 0.6 is 35.3 Å². The number of hydrogen-bond acceptors (Lipinski definition) is 3. The Morgan fingerprint density at radius 3 is 2.71 bits per heavy atom. The molecule has 4 nitrogen and oxygen atoms in total. The topological polar surface area (TPSA) is 49.3 Å². The Morgan fingerprint density at radius 2 is 2.07 bits per heavy atom. The van der Waals surface area contributed by atoms with Crippen molar-refractivity contribution in [3.63, 3.8) is 0 Å². The number of aliphatic imine (C=N–C) groups is 1. The van der Waals surface area contributed by atoms with Crippen LogP contribution in [-0.4, -0.2) is 30.1 Å². The molecule has 1 aliphatic carbocycles. The van der Waals surface area contributed by atoms with Gasteiger partial charge in [-0.15, -0.1) is 35.3 Å². The lowest BCUT2D eigenvalue weighted by molar-refractivity contribution is -0.140. The zero-order chi connectivity index (χ0) is 19.4. The van der Waals surface area contributed by atoms with E-state index in [9.17, 15) is 13.2 Å². The number of aromatic nitrogens is 1. The number of aryl methyl sites for hydroxylation is 1. The molecule has 1 fully saturated rings. The van der Waals surface area contributed by atoms with Crippen molar-refractivity contribution in [2.75, 3.05) is 13.1 Å². The van der Waals surface area contributed by atoms with E-state index in [1.54, 1.807) is 0 Å². The number of rotatable bonds is 6. The Kier molecular flexibility index (Phi) is 8.11. The highest BCUT2D eigenvalue weighted by Gasteiger charge is 2.39. The second-order valence-electron chi connectivity index (χ2n) is 6.58. The van der Waals surface area contributed by atoms with Crippen LogP contribution in [0.1, 0.15) is 41.1 Å². The molecule has 2 aromatic rings. The molecule has 3 rings (SSSR count). The van der Waals surface area contributed by atoms with Gasteiger partial charge < -0.3 is 10.6 Å². The van der Waals surface area contributed by atoms with Crippen molar-refractivity contribution in [2.24, 2.45) is 4.99 Å². The summed E-state index contributed by atoms with van der Waals surface area (Å²) >= 11 is 1.03. The molecule has 0 radical (unpaired) electrons. The van der Waals surface area contributed by atoms with Crippen LogP contribution in [0.4, 0.5) is 13.2 Å². The van der Waals surface area contributed by atoms with Crippen LogP contribution in [0.2, 0.25) is 0 Å². The highest BCUT2D eigenvalue weighted by molar-refractivity contribution is 14.0. The molecule has 0 amide bonds. The third kappa shape index (κ3) is 6.07. The summed E-state index contributed by atoms with van der Waals surface area (Å²) in [7, 11) is 0. The standard InChI is InChI=1S/C19H23F3N4S.HI/c1-3-23-18(24-9-8-17-26-16(11-27-17)19(20,21)22)25-15-10-14(15)13-7-5-4-6-12(13)2;/h4-7,11,14-15H,3,8-10H2,1-2H3,(H2,23,24,25);1H. The van der Waals surface area contributed by atoms with Crippen molar-refractivity contribution in [3.8, 4) is 0 Å². The largest absolute Gasteiger partial charge is 0.434 e. The van der Waals surface area contributed by atoms with E-state index in [0.29, 0.717) is 35.9 Å². The maximum atomic E-state index is 12.6. The van der Waals surface area contributed by atoms with Gasteiger partial charge in [0.05, 0.1) is 5.01 Å². The normalized spacial score (nSPS) is 19.1. The number of guanidine groups is 1. The summed E-state index contributed by atoms with van der Waals surface area (Å²) in [6.45, 7) is 5.22. The maximum absolute atomic E-state index is 12.6. The number of alkyl halides is 3. The number of nitrogens with zero attached hydrogens (tertiary/aromatic N) is 2. The van der Waals surface area contributed by atoms with Crippen LogP contribution in [0.3, 0.4) is 0 Å². The summed E-state index contributed by atoms with van der Waals surface area (Å²) in [5.74, 6) is 1.18. The van der Waals surface area contributed by atoms with Gasteiger partial charge in [0, 0.05) is 36.9 Å². The first-order valence-corrected chi connectivity index (χ1v) is 9.88. The quantitative estimate of drug-likeness (QED) is 0.326. The molecule has 0 saturated heterocycles. The first-order valence-electron chi connectivity index (χ1n) is 9.00. The second-order valence-corrected chi connectivity index (χ2v) is 7.53. The molecule has 0 bridgehead atoms. The highest BCUT2D eigenvalue weighted by atomic mass is 127. The Labute approximate surface area is 184 Å². The van der Waals surface area contributed by atoms with Crippen LogP contribution in [0, 0.1) is 6.92 Å². The van der Waals surface area contributed by atoms with Gasteiger partial charge in [0.1, 0.15) is 0 Å². The van der Waals surface area contributed by atoms with E-state index in [-0.39, 0.29) is 24.0 Å². The van der Waals surface area contributed by atoms with Gasteiger partial charge >= 0.3 is 6.18 Å². The Hall–Kier alpha value is -1.36. The summed E-state index contributed by atoms with van der Waals surface area (Å²) in [5.41, 5.74) is 1.82. The fraction of sp³-hybridized carbons (Fsp3) is 0.474. The molecule has 9 heteroatoms. The number of nitrogens with one attached hydrogen (secondary N) is 2. The molecule has 28 heavy (non-hydrogen) atoms. The monoisotopic (exact) mass is 524 g/mol. The van der Waals surface area contributed by atoms with E-state index in [1.165, 1.54) is 11.1 Å². The maximum Gasteiger partial charge on any atom is 0.434 e. The SMILES string of the molecule is CCNC(=NCCc1nc(C(F)(F)F)cs1)NC1CC1c1ccccc1C.I. The summed E-state index contributed by atoms with van der Waals surface area (Å²) in [4.78, 5) is 8.13. The van der Waals surface area contributed by atoms with Gasteiger partial charge in [-0.3, -0.25) is 4.99 Å². The third-order valence-electron chi connectivity index (χ3n) is 4.48.